The molecule has 8 heteroatoms. The van der Waals surface area contributed by atoms with Crippen LogP contribution in [0.15, 0.2) is 47.4 Å². The number of rotatable bonds is 4. The lowest BCUT2D eigenvalue weighted by Crippen LogP contribution is -2.10. The standard InChI is InChI=1S/C15H12ClFO3S3/c16-13-9-11(17)3-6-14(13)23(18,19)20-12-4-1-10(2-5-12)15-21-7-8-22-15/h1-6,9,15H,7-8H2. The Morgan fingerprint density at radius 1 is 1.09 bits per heavy atom. The normalized spacial score (nSPS) is 15.7. The molecular weight excluding hydrogens is 379 g/mol. The summed E-state index contributed by atoms with van der Waals surface area (Å²) < 4.78 is 43.0. The van der Waals surface area contributed by atoms with Gasteiger partial charge in [-0.1, -0.05) is 23.7 Å². The summed E-state index contributed by atoms with van der Waals surface area (Å²) in [6.45, 7) is 0. The van der Waals surface area contributed by atoms with Crippen molar-refractivity contribution in [3.05, 3.63) is 58.9 Å². The van der Waals surface area contributed by atoms with Gasteiger partial charge in [-0.25, -0.2) is 4.39 Å². The SMILES string of the molecule is O=S(=O)(Oc1ccc(C2SCCS2)cc1)c1ccc(F)cc1Cl. The van der Waals surface area contributed by atoms with E-state index in [0.29, 0.717) is 4.58 Å². The van der Waals surface area contributed by atoms with E-state index in [2.05, 4.69) is 0 Å². The summed E-state index contributed by atoms with van der Waals surface area (Å²) in [6.07, 6.45) is 0. The van der Waals surface area contributed by atoms with Gasteiger partial charge in [0.25, 0.3) is 0 Å². The first-order valence-electron chi connectivity index (χ1n) is 6.68. The molecule has 1 saturated heterocycles. The minimum Gasteiger partial charge on any atom is -0.379 e. The minimum atomic E-state index is -4.10. The van der Waals surface area contributed by atoms with Crippen molar-refractivity contribution >= 4 is 45.2 Å². The summed E-state index contributed by atoms with van der Waals surface area (Å²) in [5, 5.41) is -0.208. The molecule has 0 saturated carbocycles. The molecule has 0 spiro atoms. The molecule has 1 heterocycles. The van der Waals surface area contributed by atoms with Gasteiger partial charge in [0, 0.05) is 11.5 Å². The van der Waals surface area contributed by atoms with Crippen molar-refractivity contribution in [3.8, 4) is 5.75 Å². The Balaban J connectivity index is 1.80. The van der Waals surface area contributed by atoms with Crippen LogP contribution in [-0.2, 0) is 10.1 Å². The maximum atomic E-state index is 13.0. The van der Waals surface area contributed by atoms with Crippen LogP contribution >= 0.6 is 35.1 Å². The van der Waals surface area contributed by atoms with Crippen molar-refractivity contribution in [2.24, 2.45) is 0 Å². The lowest BCUT2D eigenvalue weighted by Gasteiger charge is -2.11. The third-order valence-electron chi connectivity index (χ3n) is 3.14. The van der Waals surface area contributed by atoms with Crippen molar-refractivity contribution in [1.82, 2.24) is 0 Å². The average molecular weight is 391 g/mol. The molecule has 122 valence electrons. The predicted molar refractivity (Wildman–Crippen MR) is 93.3 cm³/mol. The fraction of sp³-hybridized carbons (Fsp3) is 0.200. The van der Waals surface area contributed by atoms with E-state index in [4.69, 9.17) is 15.8 Å². The molecule has 1 aliphatic rings. The molecule has 3 nitrogen and oxygen atoms in total. The summed E-state index contributed by atoms with van der Waals surface area (Å²) in [7, 11) is -4.10. The van der Waals surface area contributed by atoms with Crippen molar-refractivity contribution in [2.75, 3.05) is 11.5 Å². The molecule has 1 fully saturated rings. The van der Waals surface area contributed by atoms with E-state index in [-0.39, 0.29) is 15.7 Å². The number of hydrogen-bond acceptors (Lipinski definition) is 5. The molecule has 0 amide bonds. The van der Waals surface area contributed by atoms with E-state index in [9.17, 15) is 12.8 Å². The number of hydrogen-bond donors (Lipinski definition) is 0. The van der Waals surface area contributed by atoms with Gasteiger partial charge in [0.2, 0.25) is 0 Å². The summed E-state index contributed by atoms with van der Waals surface area (Å²) >= 11 is 9.52. The van der Waals surface area contributed by atoms with E-state index in [1.807, 2.05) is 35.7 Å². The van der Waals surface area contributed by atoms with Gasteiger partial charge >= 0.3 is 10.1 Å². The second-order valence-corrected chi connectivity index (χ2v) is 9.40. The van der Waals surface area contributed by atoms with Crippen LogP contribution in [0.5, 0.6) is 5.75 Å². The first-order chi connectivity index (χ1) is 11.0. The molecule has 2 aromatic rings. The molecule has 1 aliphatic heterocycles. The van der Waals surface area contributed by atoms with Crippen molar-refractivity contribution in [1.29, 1.82) is 0 Å². The molecular formula is C15H12ClFO3S3. The topological polar surface area (TPSA) is 43.4 Å². The fourth-order valence-electron chi connectivity index (χ4n) is 2.08. The van der Waals surface area contributed by atoms with Crippen molar-refractivity contribution in [3.63, 3.8) is 0 Å². The van der Waals surface area contributed by atoms with Gasteiger partial charge in [-0.15, -0.1) is 23.5 Å². The van der Waals surface area contributed by atoms with Crippen LogP contribution in [0.2, 0.25) is 5.02 Å². The maximum Gasteiger partial charge on any atom is 0.340 e. The van der Waals surface area contributed by atoms with Crippen LogP contribution in [-0.4, -0.2) is 19.9 Å². The second-order valence-electron chi connectivity index (χ2n) is 4.75. The highest BCUT2D eigenvalue weighted by atomic mass is 35.5. The van der Waals surface area contributed by atoms with Gasteiger partial charge in [-0.3, -0.25) is 0 Å². The number of benzene rings is 2. The molecule has 0 bridgehead atoms. The Morgan fingerprint density at radius 3 is 2.35 bits per heavy atom. The van der Waals surface area contributed by atoms with Gasteiger partial charge in [0.1, 0.15) is 16.5 Å². The summed E-state index contributed by atoms with van der Waals surface area (Å²) in [5.74, 6) is 1.82. The lowest BCUT2D eigenvalue weighted by molar-refractivity contribution is 0.486. The van der Waals surface area contributed by atoms with Crippen LogP contribution in [0, 0.1) is 5.82 Å². The number of thioether (sulfide) groups is 2. The second kappa shape index (κ2) is 6.93. The quantitative estimate of drug-likeness (QED) is 0.706. The molecule has 3 rings (SSSR count). The molecule has 23 heavy (non-hydrogen) atoms. The Morgan fingerprint density at radius 2 is 1.74 bits per heavy atom. The summed E-state index contributed by atoms with van der Waals surface area (Å²) in [5.41, 5.74) is 1.13. The van der Waals surface area contributed by atoms with Gasteiger partial charge in [-0.05, 0) is 35.9 Å². The molecule has 0 unspecified atom stereocenters. The van der Waals surface area contributed by atoms with Crippen molar-refractivity contribution in [2.45, 2.75) is 9.48 Å². The van der Waals surface area contributed by atoms with Crippen LogP contribution in [0.1, 0.15) is 10.1 Å². The average Bonchev–Trinajstić information content (AvgIpc) is 3.01. The molecule has 0 aromatic heterocycles. The molecule has 0 radical (unpaired) electrons. The van der Waals surface area contributed by atoms with Crippen LogP contribution in [0.25, 0.3) is 0 Å². The Bertz CT molecular complexity index is 803. The molecule has 0 aliphatic carbocycles. The zero-order valence-electron chi connectivity index (χ0n) is 11.7. The van der Waals surface area contributed by atoms with E-state index >= 15 is 0 Å². The van der Waals surface area contributed by atoms with E-state index < -0.39 is 15.9 Å². The smallest absolute Gasteiger partial charge is 0.340 e. The zero-order chi connectivity index (χ0) is 16.4. The Hall–Kier alpha value is -0.890. The third-order valence-corrected chi connectivity index (χ3v) is 7.98. The van der Waals surface area contributed by atoms with Crippen LogP contribution in [0.3, 0.4) is 0 Å². The predicted octanol–water partition coefficient (Wildman–Crippen LogP) is 4.73. The largest absolute Gasteiger partial charge is 0.379 e. The monoisotopic (exact) mass is 390 g/mol. The zero-order valence-corrected chi connectivity index (χ0v) is 14.9. The van der Waals surface area contributed by atoms with Gasteiger partial charge in [-0.2, -0.15) is 8.42 Å². The van der Waals surface area contributed by atoms with E-state index in [1.165, 1.54) is 0 Å². The Kier molecular flexibility index (Phi) is 5.10. The van der Waals surface area contributed by atoms with Crippen LogP contribution in [0.4, 0.5) is 4.39 Å². The van der Waals surface area contributed by atoms with E-state index in [0.717, 1.165) is 35.3 Å². The minimum absolute atomic E-state index is 0.196. The lowest BCUT2D eigenvalue weighted by atomic mass is 10.2. The molecule has 0 atom stereocenters. The first kappa shape index (κ1) is 17.0. The number of halogens is 2. The summed E-state index contributed by atoms with van der Waals surface area (Å²) in [4.78, 5) is -0.258. The highest BCUT2D eigenvalue weighted by Gasteiger charge is 2.22. The maximum absolute atomic E-state index is 13.0. The molecule has 2 aromatic carbocycles. The third kappa shape index (κ3) is 3.96. The Labute approximate surface area is 147 Å². The van der Waals surface area contributed by atoms with Gasteiger partial charge in [0.15, 0.2) is 0 Å². The first-order valence-corrected chi connectivity index (χ1v) is 10.6. The summed E-state index contributed by atoms with van der Waals surface area (Å²) in [6, 6.07) is 10.00. The van der Waals surface area contributed by atoms with Crippen LogP contribution < -0.4 is 4.18 Å². The van der Waals surface area contributed by atoms with Gasteiger partial charge < -0.3 is 4.18 Å². The molecule has 0 N–H and O–H groups in total. The van der Waals surface area contributed by atoms with Crippen molar-refractivity contribution < 1.29 is 17.0 Å². The highest BCUT2D eigenvalue weighted by Crippen LogP contribution is 2.45. The fourth-order valence-corrected chi connectivity index (χ4v) is 6.38. The highest BCUT2D eigenvalue weighted by molar-refractivity contribution is 8.19. The van der Waals surface area contributed by atoms with E-state index in [1.54, 1.807) is 12.1 Å². The van der Waals surface area contributed by atoms with Gasteiger partial charge in [0.05, 0.1) is 9.60 Å².